The lowest BCUT2D eigenvalue weighted by atomic mass is 10.2. The summed E-state index contributed by atoms with van der Waals surface area (Å²) in [6.45, 7) is 5.45. The Morgan fingerprint density at radius 1 is 1.21 bits per heavy atom. The molecule has 0 atom stereocenters. The number of amides is 1. The number of hydrogen-bond donors (Lipinski definition) is 1. The zero-order chi connectivity index (χ0) is 13.5. The van der Waals surface area contributed by atoms with Gasteiger partial charge in [0.25, 0.3) is 5.91 Å². The van der Waals surface area contributed by atoms with Gasteiger partial charge < -0.3 is 15.1 Å². The van der Waals surface area contributed by atoms with Gasteiger partial charge >= 0.3 is 0 Å². The van der Waals surface area contributed by atoms with E-state index in [0.717, 1.165) is 45.7 Å². The molecule has 0 bridgehead atoms. The lowest BCUT2D eigenvalue weighted by Crippen LogP contribution is -2.48. The molecular formula is C14H23N3O2. The summed E-state index contributed by atoms with van der Waals surface area (Å²) in [7, 11) is 0. The van der Waals surface area contributed by atoms with Crippen LogP contribution in [0, 0.1) is 0 Å². The van der Waals surface area contributed by atoms with Gasteiger partial charge in [0.2, 0.25) is 0 Å². The average Bonchev–Trinajstić information content (AvgIpc) is 2.98. The van der Waals surface area contributed by atoms with Crippen molar-refractivity contribution in [1.82, 2.24) is 9.80 Å². The van der Waals surface area contributed by atoms with Crippen molar-refractivity contribution in [3.8, 4) is 0 Å². The Balaban J connectivity index is 1.69. The van der Waals surface area contributed by atoms with Crippen LogP contribution < -0.4 is 5.73 Å². The van der Waals surface area contributed by atoms with Gasteiger partial charge in [-0.05, 0) is 32.0 Å². The fourth-order valence-corrected chi connectivity index (χ4v) is 2.40. The minimum atomic E-state index is 0.0801. The molecule has 0 spiro atoms. The van der Waals surface area contributed by atoms with Crippen molar-refractivity contribution in [3.63, 3.8) is 0 Å². The molecule has 2 N–H and O–H groups in total. The Morgan fingerprint density at radius 2 is 2.00 bits per heavy atom. The van der Waals surface area contributed by atoms with Crippen molar-refractivity contribution in [1.29, 1.82) is 0 Å². The number of piperazine rings is 1. The predicted octanol–water partition coefficient (Wildman–Crippen LogP) is 1.17. The van der Waals surface area contributed by atoms with E-state index in [9.17, 15) is 4.79 Å². The van der Waals surface area contributed by atoms with E-state index in [1.165, 1.54) is 19.1 Å². The minimum absolute atomic E-state index is 0.0801. The number of hydrogen-bond acceptors (Lipinski definition) is 4. The van der Waals surface area contributed by atoms with E-state index in [2.05, 4.69) is 4.90 Å². The van der Waals surface area contributed by atoms with Gasteiger partial charge in [0, 0.05) is 26.2 Å². The Hall–Kier alpha value is -1.33. The van der Waals surface area contributed by atoms with Crippen LogP contribution in [0.2, 0.25) is 0 Å². The highest BCUT2D eigenvalue weighted by atomic mass is 16.3. The van der Waals surface area contributed by atoms with E-state index in [4.69, 9.17) is 10.2 Å². The molecule has 0 aromatic carbocycles. The van der Waals surface area contributed by atoms with Gasteiger partial charge in [-0.25, -0.2) is 0 Å². The third kappa shape index (κ3) is 4.08. The maximum atomic E-state index is 12.1. The van der Waals surface area contributed by atoms with E-state index >= 15 is 0 Å². The highest BCUT2D eigenvalue weighted by molar-refractivity contribution is 5.93. The first kappa shape index (κ1) is 14.1. The van der Waals surface area contributed by atoms with Gasteiger partial charge in [0.15, 0.2) is 0 Å². The summed E-state index contributed by atoms with van der Waals surface area (Å²) in [6.07, 6.45) is 6.57. The van der Waals surface area contributed by atoms with Gasteiger partial charge in [-0.15, -0.1) is 0 Å². The molecule has 106 valence electrons. The summed E-state index contributed by atoms with van der Waals surface area (Å²) in [6, 6.07) is 1.72. The van der Waals surface area contributed by atoms with E-state index in [-0.39, 0.29) is 5.91 Å². The predicted molar refractivity (Wildman–Crippen MR) is 74.0 cm³/mol. The summed E-state index contributed by atoms with van der Waals surface area (Å²) in [5, 5.41) is 0. The first-order valence-electron chi connectivity index (χ1n) is 7.05. The number of nitrogens with two attached hydrogens (primary N) is 1. The number of carbonyl (C=O) groups is 1. The van der Waals surface area contributed by atoms with Gasteiger partial charge in [-0.1, -0.05) is 6.42 Å². The zero-order valence-electron chi connectivity index (χ0n) is 11.4. The van der Waals surface area contributed by atoms with Crippen molar-refractivity contribution in [2.75, 3.05) is 39.3 Å². The van der Waals surface area contributed by atoms with Crippen molar-refractivity contribution in [3.05, 3.63) is 24.2 Å². The molecule has 1 fully saturated rings. The summed E-state index contributed by atoms with van der Waals surface area (Å²) in [5.41, 5.74) is 6.13. The minimum Gasteiger partial charge on any atom is -0.472 e. The third-order valence-corrected chi connectivity index (χ3v) is 3.61. The molecule has 1 saturated heterocycles. The topological polar surface area (TPSA) is 62.7 Å². The Labute approximate surface area is 114 Å². The van der Waals surface area contributed by atoms with Gasteiger partial charge in [0.1, 0.15) is 6.26 Å². The summed E-state index contributed by atoms with van der Waals surface area (Å²) < 4.78 is 4.96. The Kier molecular flexibility index (Phi) is 5.42. The normalized spacial score (nSPS) is 16.8. The van der Waals surface area contributed by atoms with Crippen LogP contribution in [0.25, 0.3) is 0 Å². The molecule has 0 unspecified atom stereocenters. The zero-order valence-corrected chi connectivity index (χ0v) is 11.4. The van der Waals surface area contributed by atoms with Crippen LogP contribution in [0.1, 0.15) is 29.6 Å². The van der Waals surface area contributed by atoms with E-state index in [1.807, 2.05) is 4.90 Å². The maximum absolute atomic E-state index is 12.1. The molecule has 19 heavy (non-hydrogen) atoms. The smallest absolute Gasteiger partial charge is 0.257 e. The number of nitrogens with zero attached hydrogens (tertiary/aromatic N) is 2. The fourth-order valence-electron chi connectivity index (χ4n) is 2.40. The second-order valence-corrected chi connectivity index (χ2v) is 5.00. The Bertz CT molecular complexity index is 370. The van der Waals surface area contributed by atoms with Crippen LogP contribution in [-0.4, -0.2) is 55.0 Å². The quantitative estimate of drug-likeness (QED) is 0.784. The van der Waals surface area contributed by atoms with Crippen molar-refractivity contribution >= 4 is 5.91 Å². The standard InChI is InChI=1S/C14H23N3O2/c15-5-2-1-3-6-16-7-9-17(10-8-16)14(18)13-4-11-19-12-13/h4,11-12H,1-3,5-10,15H2. The van der Waals surface area contributed by atoms with Gasteiger partial charge in [0.05, 0.1) is 11.8 Å². The monoisotopic (exact) mass is 265 g/mol. The summed E-state index contributed by atoms with van der Waals surface area (Å²) in [4.78, 5) is 16.4. The molecule has 5 heteroatoms. The molecule has 0 radical (unpaired) electrons. The summed E-state index contributed by atoms with van der Waals surface area (Å²) >= 11 is 0. The van der Waals surface area contributed by atoms with Crippen molar-refractivity contribution < 1.29 is 9.21 Å². The van der Waals surface area contributed by atoms with Crippen LogP contribution in [0.4, 0.5) is 0 Å². The molecule has 1 aliphatic rings. The molecule has 5 nitrogen and oxygen atoms in total. The molecule has 0 saturated carbocycles. The van der Waals surface area contributed by atoms with Gasteiger partial charge in [-0.3, -0.25) is 9.69 Å². The molecule has 2 heterocycles. The molecular weight excluding hydrogens is 242 g/mol. The van der Waals surface area contributed by atoms with Crippen LogP contribution in [0.5, 0.6) is 0 Å². The second-order valence-electron chi connectivity index (χ2n) is 5.00. The maximum Gasteiger partial charge on any atom is 0.257 e. The SMILES string of the molecule is NCCCCCN1CCN(C(=O)c2ccoc2)CC1. The van der Waals surface area contributed by atoms with Crippen LogP contribution in [-0.2, 0) is 0 Å². The van der Waals surface area contributed by atoms with E-state index < -0.39 is 0 Å². The lowest BCUT2D eigenvalue weighted by Gasteiger charge is -2.34. The fraction of sp³-hybridized carbons (Fsp3) is 0.643. The van der Waals surface area contributed by atoms with Crippen molar-refractivity contribution in [2.24, 2.45) is 5.73 Å². The second kappa shape index (κ2) is 7.31. The Morgan fingerprint density at radius 3 is 2.63 bits per heavy atom. The number of furan rings is 1. The van der Waals surface area contributed by atoms with Crippen LogP contribution in [0.15, 0.2) is 23.0 Å². The van der Waals surface area contributed by atoms with E-state index in [1.54, 1.807) is 12.3 Å². The summed E-state index contributed by atoms with van der Waals surface area (Å²) in [5.74, 6) is 0.0801. The average molecular weight is 265 g/mol. The molecule has 1 aromatic rings. The van der Waals surface area contributed by atoms with Crippen LogP contribution in [0.3, 0.4) is 0 Å². The number of carbonyl (C=O) groups excluding carboxylic acids is 1. The number of unbranched alkanes of at least 4 members (excludes halogenated alkanes) is 2. The molecule has 1 amide bonds. The molecule has 1 aliphatic heterocycles. The van der Waals surface area contributed by atoms with E-state index in [0.29, 0.717) is 5.56 Å². The third-order valence-electron chi connectivity index (χ3n) is 3.61. The molecule has 0 aliphatic carbocycles. The van der Waals surface area contributed by atoms with Gasteiger partial charge in [-0.2, -0.15) is 0 Å². The van der Waals surface area contributed by atoms with Crippen LogP contribution >= 0.6 is 0 Å². The highest BCUT2D eigenvalue weighted by Crippen LogP contribution is 2.10. The molecule has 2 rings (SSSR count). The highest BCUT2D eigenvalue weighted by Gasteiger charge is 2.22. The van der Waals surface area contributed by atoms with Crippen molar-refractivity contribution in [2.45, 2.75) is 19.3 Å². The first-order chi connectivity index (χ1) is 9.31. The first-order valence-corrected chi connectivity index (χ1v) is 7.05. The molecule has 1 aromatic heterocycles. The largest absolute Gasteiger partial charge is 0.472 e. The number of rotatable bonds is 6. The lowest BCUT2D eigenvalue weighted by molar-refractivity contribution is 0.0634.